The number of carbonyl (C=O) groups excluding carboxylic acids is 2. The molecule has 1 aliphatic rings. The van der Waals surface area contributed by atoms with E-state index >= 15 is 0 Å². The number of carbonyl (C=O) groups is 2. The summed E-state index contributed by atoms with van der Waals surface area (Å²) < 4.78 is 13.6. The van der Waals surface area contributed by atoms with Crippen LogP contribution in [0.15, 0.2) is 18.2 Å². The Morgan fingerprint density at radius 1 is 1.25 bits per heavy atom. The highest BCUT2D eigenvalue weighted by Gasteiger charge is 2.32. The number of anilines is 1. The monoisotopic (exact) mass is 298 g/mol. The Hall–Kier alpha value is -1.62. The summed E-state index contributed by atoms with van der Waals surface area (Å²) in [5.41, 5.74) is 0.00192. The van der Waals surface area contributed by atoms with Crippen molar-refractivity contribution in [2.45, 2.75) is 25.7 Å². The van der Waals surface area contributed by atoms with E-state index in [1.807, 2.05) is 0 Å². The van der Waals surface area contributed by atoms with Crippen LogP contribution in [0.2, 0.25) is 5.02 Å². The van der Waals surface area contributed by atoms with Gasteiger partial charge in [0.05, 0.1) is 5.69 Å². The Labute approximate surface area is 120 Å². The summed E-state index contributed by atoms with van der Waals surface area (Å²) in [7, 11) is 0. The number of halogens is 2. The van der Waals surface area contributed by atoms with Crippen molar-refractivity contribution in [3.8, 4) is 0 Å². The Morgan fingerprint density at radius 2 is 1.90 bits per heavy atom. The molecule has 0 radical (unpaired) electrons. The van der Waals surface area contributed by atoms with Crippen molar-refractivity contribution in [3.05, 3.63) is 29.0 Å². The third-order valence-corrected chi connectivity index (χ3v) is 3.83. The van der Waals surface area contributed by atoms with E-state index in [9.17, 15) is 19.1 Å². The van der Waals surface area contributed by atoms with E-state index < -0.39 is 29.5 Å². The summed E-state index contributed by atoms with van der Waals surface area (Å²) in [6, 6.07) is 3.90. The van der Waals surface area contributed by atoms with Crippen LogP contribution in [0.5, 0.6) is 0 Å². The van der Waals surface area contributed by atoms with Crippen molar-refractivity contribution in [2.75, 3.05) is 5.32 Å². The molecule has 2 rings (SSSR count). The van der Waals surface area contributed by atoms with E-state index in [1.54, 1.807) is 0 Å². The minimum atomic E-state index is -1.22. The molecule has 0 spiro atoms. The summed E-state index contributed by atoms with van der Waals surface area (Å²) in [4.78, 5) is 23.2. The lowest BCUT2D eigenvalue weighted by Gasteiger charge is -2.31. The van der Waals surface area contributed by atoms with Crippen LogP contribution >= 0.6 is 11.6 Å². The molecule has 20 heavy (non-hydrogen) atoms. The fourth-order valence-corrected chi connectivity index (χ4v) is 2.70. The smallest absolute Gasteiger partial charge is 0.228 e. The first kappa shape index (κ1) is 14.8. The van der Waals surface area contributed by atoms with Crippen LogP contribution in [0, 0.1) is 17.7 Å². The van der Waals surface area contributed by atoms with Crippen LogP contribution in [-0.2, 0) is 9.59 Å². The molecule has 2 atom stereocenters. The van der Waals surface area contributed by atoms with Gasteiger partial charge in [0, 0.05) is 22.8 Å². The van der Waals surface area contributed by atoms with Crippen LogP contribution in [0.3, 0.4) is 0 Å². The lowest BCUT2D eigenvalue weighted by molar-refractivity contribution is -0.313. The second-order valence-electron chi connectivity index (χ2n) is 4.93. The lowest BCUT2D eigenvalue weighted by Crippen LogP contribution is -2.42. The first-order valence-corrected chi connectivity index (χ1v) is 6.83. The number of aliphatic carboxylic acids is 1. The topological polar surface area (TPSA) is 69.2 Å². The third-order valence-electron chi connectivity index (χ3n) is 3.59. The number of carboxylic acid groups (broad SMARTS) is 1. The highest BCUT2D eigenvalue weighted by Crippen LogP contribution is 2.31. The second kappa shape index (κ2) is 6.22. The highest BCUT2D eigenvalue weighted by atomic mass is 35.5. The van der Waals surface area contributed by atoms with Gasteiger partial charge in [-0.2, -0.15) is 0 Å². The summed E-state index contributed by atoms with van der Waals surface area (Å²) in [6.45, 7) is 0. The van der Waals surface area contributed by atoms with Crippen LogP contribution in [-0.4, -0.2) is 11.9 Å². The van der Waals surface area contributed by atoms with Gasteiger partial charge in [0.25, 0.3) is 0 Å². The van der Waals surface area contributed by atoms with E-state index in [0.29, 0.717) is 12.8 Å². The third kappa shape index (κ3) is 3.28. The van der Waals surface area contributed by atoms with Gasteiger partial charge >= 0.3 is 0 Å². The molecule has 1 aliphatic carbocycles. The fraction of sp³-hybridized carbons (Fsp3) is 0.429. The molecule has 1 aromatic rings. The van der Waals surface area contributed by atoms with Gasteiger partial charge in [-0.25, -0.2) is 4.39 Å². The van der Waals surface area contributed by atoms with Gasteiger partial charge in [-0.3, -0.25) is 4.79 Å². The van der Waals surface area contributed by atoms with Crippen molar-refractivity contribution in [1.29, 1.82) is 0 Å². The van der Waals surface area contributed by atoms with Crippen LogP contribution in [0.1, 0.15) is 25.7 Å². The second-order valence-corrected chi connectivity index (χ2v) is 5.37. The van der Waals surface area contributed by atoms with Crippen molar-refractivity contribution in [1.82, 2.24) is 0 Å². The molecule has 1 saturated carbocycles. The molecule has 1 aromatic carbocycles. The van der Waals surface area contributed by atoms with Crippen molar-refractivity contribution < 1.29 is 19.1 Å². The van der Waals surface area contributed by atoms with Gasteiger partial charge in [-0.1, -0.05) is 24.4 Å². The summed E-state index contributed by atoms with van der Waals surface area (Å²) in [5.74, 6) is -3.84. The minimum Gasteiger partial charge on any atom is -0.550 e. The van der Waals surface area contributed by atoms with E-state index in [2.05, 4.69) is 5.32 Å². The zero-order valence-electron chi connectivity index (χ0n) is 10.7. The van der Waals surface area contributed by atoms with Gasteiger partial charge in [-0.05, 0) is 31.0 Å². The normalized spacial score (nSPS) is 22.3. The largest absolute Gasteiger partial charge is 0.550 e. The molecule has 0 aliphatic heterocycles. The van der Waals surface area contributed by atoms with Crippen LogP contribution in [0.25, 0.3) is 0 Å². The number of benzene rings is 1. The number of rotatable bonds is 3. The van der Waals surface area contributed by atoms with Gasteiger partial charge < -0.3 is 15.2 Å². The van der Waals surface area contributed by atoms with Gasteiger partial charge in [0.2, 0.25) is 5.91 Å². The summed E-state index contributed by atoms with van der Waals surface area (Å²) in [6.07, 6.45) is 2.44. The van der Waals surface area contributed by atoms with Crippen LogP contribution < -0.4 is 10.4 Å². The van der Waals surface area contributed by atoms with Gasteiger partial charge in [0.1, 0.15) is 5.82 Å². The first-order chi connectivity index (χ1) is 9.49. The molecule has 0 aromatic heterocycles. The predicted octanol–water partition coefficient (Wildman–Crippen LogP) is 1.97. The fourth-order valence-electron chi connectivity index (χ4n) is 2.54. The molecule has 4 nitrogen and oxygen atoms in total. The minimum absolute atomic E-state index is 0.00192. The lowest BCUT2D eigenvalue weighted by atomic mass is 9.78. The first-order valence-electron chi connectivity index (χ1n) is 6.46. The zero-order valence-corrected chi connectivity index (χ0v) is 11.5. The van der Waals surface area contributed by atoms with E-state index in [0.717, 1.165) is 18.9 Å². The molecular formula is C14H14ClFNO3-. The molecule has 0 saturated heterocycles. The summed E-state index contributed by atoms with van der Waals surface area (Å²) in [5, 5.41) is 13.7. The Bertz CT molecular complexity index is 535. The maximum atomic E-state index is 13.6. The number of nitrogens with one attached hydrogen (secondary N) is 1. The average Bonchev–Trinajstić information content (AvgIpc) is 2.41. The molecule has 1 N–H and O–H groups in total. The molecule has 1 amide bonds. The molecule has 108 valence electrons. The van der Waals surface area contributed by atoms with E-state index in [4.69, 9.17) is 11.6 Å². The molecule has 6 heteroatoms. The van der Waals surface area contributed by atoms with Crippen molar-refractivity contribution in [2.24, 2.45) is 11.8 Å². The predicted molar refractivity (Wildman–Crippen MR) is 70.5 cm³/mol. The number of amides is 1. The molecule has 1 fully saturated rings. The SMILES string of the molecule is O=C([O-])[C@@H]1CCCC[C@H]1C(=O)Nc1ccc(Cl)cc1F. The number of carboxylic acids is 1. The maximum absolute atomic E-state index is 13.6. The van der Waals surface area contributed by atoms with Gasteiger partial charge in [-0.15, -0.1) is 0 Å². The van der Waals surface area contributed by atoms with E-state index in [1.165, 1.54) is 12.1 Å². The number of hydrogen-bond donors (Lipinski definition) is 1. The molecular weight excluding hydrogens is 285 g/mol. The van der Waals surface area contributed by atoms with Crippen molar-refractivity contribution in [3.63, 3.8) is 0 Å². The van der Waals surface area contributed by atoms with E-state index in [-0.39, 0.29) is 10.7 Å². The molecule has 0 bridgehead atoms. The average molecular weight is 299 g/mol. The molecule has 0 unspecified atom stereocenters. The quantitative estimate of drug-likeness (QED) is 0.927. The van der Waals surface area contributed by atoms with Crippen LogP contribution in [0.4, 0.5) is 10.1 Å². The zero-order chi connectivity index (χ0) is 14.7. The Balaban J connectivity index is 2.12. The Kier molecular flexibility index (Phi) is 4.60. The van der Waals surface area contributed by atoms with Gasteiger partial charge in [0.15, 0.2) is 0 Å². The highest BCUT2D eigenvalue weighted by molar-refractivity contribution is 6.30. The molecule has 0 heterocycles. The van der Waals surface area contributed by atoms with Crippen molar-refractivity contribution >= 4 is 29.2 Å². The maximum Gasteiger partial charge on any atom is 0.228 e. The standard InChI is InChI=1S/C14H15ClFNO3/c15-8-5-6-12(11(16)7-8)17-13(18)9-3-1-2-4-10(9)14(19)20/h5-7,9-10H,1-4H2,(H,17,18)(H,19,20)/p-1/t9-,10-/m1/s1. The Morgan fingerprint density at radius 3 is 2.50 bits per heavy atom. The number of hydrogen-bond acceptors (Lipinski definition) is 3. The summed E-state index contributed by atoms with van der Waals surface area (Å²) >= 11 is 5.63.